The van der Waals surface area contributed by atoms with E-state index in [1.165, 1.54) is 22.4 Å². The first-order valence-electron chi connectivity index (χ1n) is 12.8. The number of nitrogens with zero attached hydrogens (tertiary/aromatic N) is 2. The summed E-state index contributed by atoms with van der Waals surface area (Å²) >= 11 is 0. The van der Waals surface area contributed by atoms with Gasteiger partial charge in [-0.2, -0.15) is 4.31 Å². The molecule has 0 unspecified atom stereocenters. The topological polar surface area (TPSA) is 70.1 Å². The van der Waals surface area contributed by atoms with Crippen molar-refractivity contribution in [3.63, 3.8) is 0 Å². The van der Waals surface area contributed by atoms with Gasteiger partial charge in [-0.3, -0.25) is 4.90 Å². The van der Waals surface area contributed by atoms with Crippen molar-refractivity contribution in [1.82, 2.24) is 9.21 Å². The highest BCUT2D eigenvalue weighted by molar-refractivity contribution is 7.89. The average Bonchev–Trinajstić information content (AvgIpc) is 2.87. The smallest absolute Gasteiger partial charge is 0.247 e. The Bertz CT molecular complexity index is 1200. The van der Waals surface area contributed by atoms with Crippen LogP contribution >= 0.6 is 0 Å². The maximum Gasteiger partial charge on any atom is 0.247 e. The monoisotopic (exact) mass is 516 g/mol. The summed E-state index contributed by atoms with van der Waals surface area (Å²) in [4.78, 5) is 2.12. The lowest BCUT2D eigenvalue weighted by molar-refractivity contribution is 0.0730. The molecule has 0 bridgehead atoms. The van der Waals surface area contributed by atoms with Gasteiger partial charge >= 0.3 is 0 Å². The Balaban J connectivity index is 1.69. The second-order valence-corrected chi connectivity index (χ2v) is 12.0. The third-order valence-electron chi connectivity index (χ3n) is 7.22. The fourth-order valence-corrected chi connectivity index (χ4v) is 6.86. The van der Waals surface area contributed by atoms with Gasteiger partial charge in [0.05, 0.1) is 6.61 Å². The number of rotatable bonds is 7. The Morgan fingerprint density at radius 1 is 1.22 bits per heavy atom. The fraction of sp³-hybridized carbons (Fsp3) is 0.500. The Morgan fingerprint density at radius 3 is 2.69 bits per heavy atom. The molecule has 8 heteroatoms. The van der Waals surface area contributed by atoms with Gasteiger partial charge in [0.15, 0.2) is 0 Å². The molecule has 6 nitrogen and oxygen atoms in total. The van der Waals surface area contributed by atoms with Crippen LogP contribution in [0.4, 0.5) is 4.39 Å². The first kappa shape index (κ1) is 26.8. The number of hydrogen-bond donors (Lipinski definition) is 1. The number of ether oxygens (including phenoxy) is 1. The van der Waals surface area contributed by atoms with Crippen LogP contribution in [0.25, 0.3) is 5.57 Å². The summed E-state index contributed by atoms with van der Waals surface area (Å²) in [6.45, 7) is 4.52. The predicted molar refractivity (Wildman–Crippen MR) is 140 cm³/mol. The highest BCUT2D eigenvalue weighted by atomic mass is 32.2. The Labute approximate surface area is 214 Å². The maximum absolute atomic E-state index is 14.2. The van der Waals surface area contributed by atoms with E-state index in [2.05, 4.69) is 6.08 Å². The van der Waals surface area contributed by atoms with Crippen LogP contribution in [0.2, 0.25) is 0 Å². The molecule has 0 fully saturated rings. The molecule has 2 aromatic rings. The zero-order valence-electron chi connectivity index (χ0n) is 21.4. The van der Waals surface area contributed by atoms with E-state index in [-0.39, 0.29) is 35.9 Å². The molecule has 0 aromatic heterocycles. The summed E-state index contributed by atoms with van der Waals surface area (Å²) < 4.78 is 49.5. The molecule has 0 radical (unpaired) electrons. The summed E-state index contributed by atoms with van der Waals surface area (Å²) in [6, 6.07) is 11.5. The quantitative estimate of drug-likeness (QED) is 0.579. The van der Waals surface area contributed by atoms with Gasteiger partial charge in [-0.25, -0.2) is 12.8 Å². The van der Waals surface area contributed by atoms with Crippen molar-refractivity contribution in [3.8, 4) is 5.75 Å². The third-order valence-corrected chi connectivity index (χ3v) is 9.24. The highest BCUT2D eigenvalue weighted by Crippen LogP contribution is 2.37. The summed E-state index contributed by atoms with van der Waals surface area (Å²) in [5.74, 6) is -0.0757. The molecule has 1 aliphatic carbocycles. The minimum atomic E-state index is -3.87. The molecule has 1 heterocycles. The van der Waals surface area contributed by atoms with Gasteiger partial charge in [-0.1, -0.05) is 37.3 Å². The van der Waals surface area contributed by atoms with E-state index in [0.29, 0.717) is 24.4 Å². The Morgan fingerprint density at radius 2 is 2.00 bits per heavy atom. The second-order valence-electron chi connectivity index (χ2n) is 10.2. The molecule has 2 aromatic carbocycles. The normalized spacial score (nSPS) is 23.2. The van der Waals surface area contributed by atoms with Crippen molar-refractivity contribution in [3.05, 3.63) is 65.5 Å². The van der Waals surface area contributed by atoms with E-state index < -0.39 is 16.1 Å². The van der Waals surface area contributed by atoms with Crippen molar-refractivity contribution in [2.45, 2.75) is 63.1 Å². The molecule has 0 spiro atoms. The van der Waals surface area contributed by atoms with E-state index in [1.54, 1.807) is 25.1 Å². The molecule has 0 saturated carbocycles. The summed E-state index contributed by atoms with van der Waals surface area (Å²) in [5, 5.41) is 9.84. The molecular formula is C28H37FN2O4S. The number of sulfonamides is 1. The largest absolute Gasteiger partial charge is 0.487 e. The fourth-order valence-electron chi connectivity index (χ4n) is 5.03. The zero-order valence-corrected chi connectivity index (χ0v) is 22.2. The first-order valence-corrected chi connectivity index (χ1v) is 14.2. The van der Waals surface area contributed by atoms with Crippen molar-refractivity contribution in [2.75, 3.05) is 26.7 Å². The average molecular weight is 517 g/mol. The minimum absolute atomic E-state index is 0.122. The number of fused-ring (bicyclic) bond motifs is 1. The lowest BCUT2D eigenvalue weighted by atomic mass is 9.93. The van der Waals surface area contributed by atoms with Gasteiger partial charge in [0.2, 0.25) is 10.0 Å². The van der Waals surface area contributed by atoms with Gasteiger partial charge in [-0.15, -0.1) is 0 Å². The molecule has 196 valence electrons. The maximum atomic E-state index is 14.2. The highest BCUT2D eigenvalue weighted by Gasteiger charge is 2.38. The Hall–Kier alpha value is -2.26. The lowest BCUT2D eigenvalue weighted by Gasteiger charge is -2.37. The van der Waals surface area contributed by atoms with Crippen LogP contribution < -0.4 is 4.74 Å². The predicted octanol–water partition coefficient (Wildman–Crippen LogP) is 4.68. The van der Waals surface area contributed by atoms with Gasteiger partial charge in [0.1, 0.15) is 22.6 Å². The van der Waals surface area contributed by atoms with Crippen molar-refractivity contribution < 1.29 is 22.7 Å². The molecule has 2 aliphatic rings. The molecule has 4 rings (SSSR count). The van der Waals surface area contributed by atoms with Gasteiger partial charge in [-0.05, 0) is 69.0 Å². The van der Waals surface area contributed by atoms with Crippen LogP contribution in [0.1, 0.15) is 50.7 Å². The Kier molecular flexibility index (Phi) is 8.50. The number of aliphatic hydroxyl groups is 1. The van der Waals surface area contributed by atoms with Gasteiger partial charge < -0.3 is 9.84 Å². The lowest BCUT2D eigenvalue weighted by Crippen LogP contribution is -2.49. The number of hydrogen-bond acceptors (Lipinski definition) is 5. The second kappa shape index (κ2) is 11.4. The number of aliphatic hydroxyl groups excluding tert-OH is 1. The first-order chi connectivity index (χ1) is 17.2. The van der Waals surface area contributed by atoms with E-state index in [0.717, 1.165) is 24.8 Å². The van der Waals surface area contributed by atoms with E-state index in [9.17, 15) is 17.9 Å². The summed E-state index contributed by atoms with van der Waals surface area (Å²) in [7, 11) is -1.96. The molecule has 36 heavy (non-hydrogen) atoms. The van der Waals surface area contributed by atoms with Crippen molar-refractivity contribution in [2.24, 2.45) is 5.92 Å². The van der Waals surface area contributed by atoms with Crippen LogP contribution in [-0.2, 0) is 16.6 Å². The molecule has 0 saturated heterocycles. The summed E-state index contributed by atoms with van der Waals surface area (Å²) in [6.07, 6.45) is 6.16. The number of allylic oxidation sites excluding steroid dienone is 2. The molecule has 3 atom stereocenters. The number of halogens is 1. The number of likely N-dealkylation sites (N-methyl/N-ethyl adjacent to an activating group) is 1. The van der Waals surface area contributed by atoms with Crippen molar-refractivity contribution >= 4 is 15.6 Å². The van der Waals surface area contributed by atoms with Crippen LogP contribution in [-0.4, -0.2) is 61.6 Å². The van der Waals surface area contributed by atoms with Gasteiger partial charge in [0.25, 0.3) is 0 Å². The summed E-state index contributed by atoms with van der Waals surface area (Å²) in [5.41, 5.74) is 2.80. The van der Waals surface area contributed by atoms with Crippen LogP contribution in [0.5, 0.6) is 5.75 Å². The standard InChI is InChI=1S/C28H37FN2O4S/c1-20-16-31(21(2)19-32)36(33,34)28-14-13-23(22-9-5-4-6-10-22)15-26(28)35-27(20)18-30(3)17-24-11-7-8-12-25(24)29/h7-9,11-15,20-21,27,32H,4-6,10,16-19H2,1-3H3/t20-,21+,27-/m0/s1. The molecular weight excluding hydrogens is 479 g/mol. The van der Waals surface area contributed by atoms with E-state index >= 15 is 0 Å². The molecule has 0 amide bonds. The third kappa shape index (κ3) is 5.83. The van der Waals surface area contributed by atoms with Crippen molar-refractivity contribution in [1.29, 1.82) is 0 Å². The molecule has 1 aliphatic heterocycles. The van der Waals surface area contributed by atoms with Crippen LogP contribution in [0.3, 0.4) is 0 Å². The van der Waals surface area contributed by atoms with Crippen LogP contribution in [0, 0.1) is 11.7 Å². The SMILES string of the molecule is C[C@H](CO)N1C[C@H](C)[C@H](CN(C)Cc2ccccc2F)Oc2cc(C3=CCCCC3)ccc2S1(=O)=O. The van der Waals surface area contributed by atoms with Gasteiger partial charge in [0, 0.05) is 37.2 Å². The molecule has 1 N–H and O–H groups in total. The number of benzene rings is 2. The van der Waals surface area contributed by atoms with E-state index in [1.807, 2.05) is 37.1 Å². The van der Waals surface area contributed by atoms with Crippen LogP contribution in [0.15, 0.2) is 53.4 Å². The van der Waals surface area contributed by atoms with E-state index in [4.69, 9.17) is 4.74 Å². The zero-order chi connectivity index (χ0) is 25.9. The minimum Gasteiger partial charge on any atom is -0.487 e.